The van der Waals surface area contributed by atoms with Crippen LogP contribution in [-0.4, -0.2) is 23.4 Å². The smallest absolute Gasteiger partial charge is 0.357 e. The summed E-state index contributed by atoms with van der Waals surface area (Å²) in [4.78, 5) is 12.2. The van der Waals surface area contributed by atoms with Crippen LogP contribution in [0.15, 0.2) is 35.4 Å². The van der Waals surface area contributed by atoms with Crippen molar-refractivity contribution in [1.29, 1.82) is 5.26 Å². The number of hydrogen-bond acceptors (Lipinski definition) is 5. The minimum Gasteiger partial charge on any atom is -0.464 e. The molecule has 0 atom stereocenters. The van der Waals surface area contributed by atoms with E-state index in [0.717, 1.165) is 0 Å². The van der Waals surface area contributed by atoms with E-state index in [1.807, 2.05) is 6.07 Å². The molecular weight excluding hydrogens is 312 g/mol. The van der Waals surface area contributed by atoms with Crippen LogP contribution in [0.4, 0.5) is 14.5 Å². The van der Waals surface area contributed by atoms with E-state index in [1.54, 1.807) is 18.2 Å². The van der Waals surface area contributed by atoms with Crippen molar-refractivity contribution in [3.05, 3.63) is 41.7 Å². The maximum absolute atomic E-state index is 12.7. The second-order valence-corrected chi connectivity index (χ2v) is 5.16. The third kappa shape index (κ3) is 2.89. The highest BCUT2D eigenvalue weighted by Crippen LogP contribution is 2.33. The number of nitriles is 1. The first-order valence-electron chi connectivity index (χ1n) is 6.03. The minimum absolute atomic E-state index is 0.0498. The van der Waals surface area contributed by atoms with Crippen molar-refractivity contribution in [1.82, 2.24) is 4.57 Å². The van der Waals surface area contributed by atoms with E-state index in [1.165, 1.54) is 23.9 Å². The maximum Gasteiger partial charge on any atom is 0.357 e. The summed E-state index contributed by atoms with van der Waals surface area (Å²) in [6.45, 7) is 0. The summed E-state index contributed by atoms with van der Waals surface area (Å²) in [5.74, 6) is -3.37. The minimum atomic E-state index is -2.62. The van der Waals surface area contributed by atoms with Gasteiger partial charge >= 0.3 is 5.97 Å². The molecule has 8 heteroatoms. The third-order valence-corrected chi connectivity index (χ3v) is 3.66. The van der Waals surface area contributed by atoms with Crippen LogP contribution >= 0.6 is 11.8 Å². The van der Waals surface area contributed by atoms with Crippen LogP contribution in [0.1, 0.15) is 16.1 Å². The third-order valence-electron chi connectivity index (χ3n) is 2.88. The number of para-hydroxylation sites is 1. The molecule has 1 aromatic carbocycles. The second-order valence-electron chi connectivity index (χ2n) is 4.12. The Morgan fingerprint density at radius 2 is 2.14 bits per heavy atom. The molecule has 2 rings (SSSR count). The van der Waals surface area contributed by atoms with Crippen molar-refractivity contribution in [3.63, 3.8) is 0 Å². The molecule has 0 aliphatic rings. The molecule has 0 saturated heterocycles. The van der Waals surface area contributed by atoms with Crippen LogP contribution in [0.3, 0.4) is 0 Å². The van der Waals surface area contributed by atoms with E-state index in [4.69, 9.17) is 11.0 Å². The number of carbonyl (C=O) groups is 1. The Kier molecular flexibility index (Phi) is 4.68. The molecule has 1 heterocycles. The van der Waals surface area contributed by atoms with Crippen molar-refractivity contribution in [2.75, 3.05) is 12.8 Å². The zero-order chi connectivity index (χ0) is 16.3. The predicted octanol–water partition coefficient (Wildman–Crippen LogP) is 3.03. The fourth-order valence-electron chi connectivity index (χ4n) is 1.96. The number of benzene rings is 1. The van der Waals surface area contributed by atoms with Crippen molar-refractivity contribution in [3.8, 4) is 11.8 Å². The van der Waals surface area contributed by atoms with Gasteiger partial charge in [-0.2, -0.15) is 14.0 Å². The molecule has 114 valence electrons. The molecule has 0 aliphatic carbocycles. The lowest BCUT2D eigenvalue weighted by molar-refractivity contribution is 0.0593. The number of nitrogens with two attached hydrogens (primary N) is 1. The van der Waals surface area contributed by atoms with E-state index < -0.39 is 11.7 Å². The van der Waals surface area contributed by atoms with Crippen molar-refractivity contribution >= 4 is 23.4 Å². The fraction of sp³-hybridized carbons (Fsp3) is 0.143. The van der Waals surface area contributed by atoms with Crippen molar-refractivity contribution < 1.29 is 18.3 Å². The first kappa shape index (κ1) is 15.9. The lowest BCUT2D eigenvalue weighted by atomic mass is 10.2. The molecule has 0 aliphatic heterocycles. The number of ether oxygens (including phenoxy) is 1. The number of halogens is 2. The number of esters is 1. The van der Waals surface area contributed by atoms with Gasteiger partial charge in [0, 0.05) is 11.1 Å². The molecule has 0 bridgehead atoms. The normalized spacial score (nSPS) is 10.5. The van der Waals surface area contributed by atoms with Crippen molar-refractivity contribution in [2.45, 2.75) is 10.7 Å². The molecule has 0 amide bonds. The van der Waals surface area contributed by atoms with Gasteiger partial charge in [-0.05, 0) is 12.1 Å². The lowest BCUT2D eigenvalue weighted by Gasteiger charge is -2.12. The quantitative estimate of drug-likeness (QED) is 0.691. The zero-order valence-electron chi connectivity index (χ0n) is 11.4. The van der Waals surface area contributed by atoms with Gasteiger partial charge in [-0.25, -0.2) is 4.79 Å². The van der Waals surface area contributed by atoms with Gasteiger partial charge < -0.3 is 15.0 Å². The molecule has 2 aromatic rings. The summed E-state index contributed by atoms with van der Waals surface area (Å²) >= 11 is 0.341. The second kappa shape index (κ2) is 6.49. The Labute approximate surface area is 129 Å². The summed E-state index contributed by atoms with van der Waals surface area (Å²) < 4.78 is 31.3. The maximum atomic E-state index is 12.7. The molecule has 22 heavy (non-hydrogen) atoms. The molecular formula is C14H11F2N3O2S. The Morgan fingerprint density at radius 3 is 2.73 bits per heavy atom. The van der Waals surface area contributed by atoms with Gasteiger partial charge in [0.2, 0.25) is 0 Å². The number of rotatable bonds is 4. The Balaban J connectivity index is 2.68. The van der Waals surface area contributed by atoms with E-state index in [9.17, 15) is 13.6 Å². The van der Waals surface area contributed by atoms with Gasteiger partial charge in [0.1, 0.15) is 6.07 Å². The first-order chi connectivity index (χ1) is 10.5. The van der Waals surface area contributed by atoms with Gasteiger partial charge in [-0.1, -0.05) is 23.9 Å². The van der Waals surface area contributed by atoms with E-state index in [2.05, 4.69) is 4.74 Å². The molecule has 0 saturated carbocycles. The molecule has 0 spiro atoms. The average molecular weight is 323 g/mol. The van der Waals surface area contributed by atoms with E-state index in [-0.39, 0.29) is 21.8 Å². The van der Waals surface area contributed by atoms with Crippen LogP contribution in [0.2, 0.25) is 0 Å². The summed E-state index contributed by atoms with van der Waals surface area (Å²) in [6.07, 6.45) is 1.33. The number of nitrogen functional groups attached to an aromatic ring is 1. The molecule has 0 unspecified atom stereocenters. The highest BCUT2D eigenvalue weighted by Gasteiger charge is 2.23. The number of carbonyl (C=O) groups excluding carboxylic acids is 1. The lowest BCUT2D eigenvalue weighted by Crippen LogP contribution is -2.11. The number of nitrogens with zero attached hydrogens (tertiary/aromatic N) is 2. The number of anilines is 1. The Morgan fingerprint density at radius 1 is 1.45 bits per heavy atom. The first-order valence-corrected chi connectivity index (χ1v) is 6.91. The van der Waals surface area contributed by atoms with E-state index >= 15 is 0 Å². The average Bonchev–Trinajstić information content (AvgIpc) is 2.83. The van der Waals surface area contributed by atoms with Gasteiger partial charge in [-0.15, -0.1) is 0 Å². The van der Waals surface area contributed by atoms with Crippen LogP contribution in [0, 0.1) is 11.3 Å². The van der Waals surface area contributed by atoms with Crippen molar-refractivity contribution in [2.24, 2.45) is 0 Å². The highest BCUT2D eigenvalue weighted by atomic mass is 32.2. The summed E-state index contributed by atoms with van der Waals surface area (Å²) in [6, 6.07) is 8.14. The number of thioether (sulfide) groups is 1. The standard InChI is InChI=1S/C14H11F2N3O2S/c1-21-13(20)12-11(18)8(6-17)7-19(12)9-4-2-3-5-10(9)22-14(15)16/h2-5,7,14H,18H2,1H3. The van der Waals surface area contributed by atoms with Gasteiger partial charge in [-0.3, -0.25) is 0 Å². The topological polar surface area (TPSA) is 81.0 Å². The zero-order valence-corrected chi connectivity index (χ0v) is 12.2. The number of hydrogen-bond donors (Lipinski definition) is 1. The largest absolute Gasteiger partial charge is 0.464 e. The van der Waals surface area contributed by atoms with Crippen LogP contribution in [-0.2, 0) is 4.74 Å². The monoisotopic (exact) mass is 323 g/mol. The number of aromatic nitrogens is 1. The highest BCUT2D eigenvalue weighted by molar-refractivity contribution is 7.99. The number of alkyl halides is 2. The molecule has 0 fully saturated rings. The van der Waals surface area contributed by atoms with Gasteiger partial charge in [0.25, 0.3) is 5.76 Å². The van der Waals surface area contributed by atoms with E-state index in [0.29, 0.717) is 17.4 Å². The van der Waals surface area contributed by atoms with Gasteiger partial charge in [0.15, 0.2) is 5.69 Å². The molecule has 5 nitrogen and oxygen atoms in total. The van der Waals surface area contributed by atoms with Crippen LogP contribution < -0.4 is 5.73 Å². The van der Waals surface area contributed by atoms with Gasteiger partial charge in [0.05, 0.1) is 24.0 Å². The SMILES string of the molecule is COC(=O)c1c(N)c(C#N)cn1-c1ccccc1SC(F)F. The molecule has 1 aromatic heterocycles. The number of methoxy groups -OCH3 is 1. The summed E-state index contributed by atoms with van der Waals surface area (Å²) in [7, 11) is 1.17. The predicted molar refractivity (Wildman–Crippen MR) is 78.1 cm³/mol. The van der Waals surface area contributed by atoms with Crippen LogP contribution in [0.5, 0.6) is 0 Å². The summed E-state index contributed by atoms with van der Waals surface area (Å²) in [5, 5.41) is 9.05. The fourth-order valence-corrected chi connectivity index (χ4v) is 2.59. The molecule has 2 N–H and O–H groups in total. The Bertz CT molecular complexity index is 753. The molecule has 0 radical (unpaired) electrons. The van der Waals surface area contributed by atoms with Crippen LogP contribution in [0.25, 0.3) is 5.69 Å². The summed E-state index contributed by atoms with van der Waals surface area (Å²) in [5.41, 5.74) is 6.05. The Hall–Kier alpha value is -2.53.